The molecule has 4 N–H and O–H groups in total. The van der Waals surface area contributed by atoms with Gasteiger partial charge >= 0.3 is 0 Å². The SMILES string of the molecule is N#Cc1cc(N)cnc1NCC1CCCCC1O. The molecular weight excluding hydrogens is 228 g/mol. The van der Waals surface area contributed by atoms with Crippen molar-refractivity contribution in [1.82, 2.24) is 4.98 Å². The maximum Gasteiger partial charge on any atom is 0.144 e. The minimum atomic E-state index is -0.245. The highest BCUT2D eigenvalue weighted by Gasteiger charge is 2.22. The fourth-order valence-corrected chi connectivity index (χ4v) is 2.36. The summed E-state index contributed by atoms with van der Waals surface area (Å²) >= 11 is 0. The summed E-state index contributed by atoms with van der Waals surface area (Å²) in [5.41, 5.74) is 6.51. The molecule has 1 aromatic rings. The minimum absolute atomic E-state index is 0.240. The average Bonchev–Trinajstić information content (AvgIpc) is 2.39. The number of nitrogens with one attached hydrogen (secondary N) is 1. The minimum Gasteiger partial charge on any atom is -0.397 e. The van der Waals surface area contributed by atoms with Gasteiger partial charge in [0.15, 0.2) is 0 Å². The van der Waals surface area contributed by atoms with Crippen molar-refractivity contribution in [3.05, 3.63) is 17.8 Å². The van der Waals surface area contributed by atoms with Crippen molar-refractivity contribution in [1.29, 1.82) is 5.26 Å². The molecule has 1 aromatic heterocycles. The Morgan fingerprint density at radius 1 is 1.50 bits per heavy atom. The number of anilines is 2. The molecule has 96 valence electrons. The van der Waals surface area contributed by atoms with Crippen molar-refractivity contribution in [3.63, 3.8) is 0 Å². The van der Waals surface area contributed by atoms with Crippen LogP contribution in [0.5, 0.6) is 0 Å². The predicted molar refractivity (Wildman–Crippen MR) is 69.8 cm³/mol. The highest BCUT2D eigenvalue weighted by Crippen LogP contribution is 2.25. The first-order chi connectivity index (χ1) is 8.70. The van der Waals surface area contributed by atoms with E-state index in [0.717, 1.165) is 25.7 Å². The van der Waals surface area contributed by atoms with E-state index in [2.05, 4.69) is 16.4 Å². The molecule has 0 bridgehead atoms. The molecule has 0 aromatic carbocycles. The summed E-state index contributed by atoms with van der Waals surface area (Å²) in [5.74, 6) is 0.786. The fraction of sp³-hybridized carbons (Fsp3) is 0.538. The molecule has 0 radical (unpaired) electrons. The van der Waals surface area contributed by atoms with Gasteiger partial charge in [-0.25, -0.2) is 4.98 Å². The number of nitrogens with two attached hydrogens (primary N) is 1. The quantitative estimate of drug-likeness (QED) is 0.751. The molecule has 0 aliphatic heterocycles. The third kappa shape index (κ3) is 2.90. The first-order valence-corrected chi connectivity index (χ1v) is 6.28. The summed E-state index contributed by atoms with van der Waals surface area (Å²) in [6.45, 7) is 0.646. The van der Waals surface area contributed by atoms with E-state index in [4.69, 9.17) is 11.0 Å². The number of hydrogen-bond acceptors (Lipinski definition) is 5. The largest absolute Gasteiger partial charge is 0.397 e. The van der Waals surface area contributed by atoms with E-state index in [1.165, 1.54) is 6.20 Å². The lowest BCUT2D eigenvalue weighted by atomic mass is 9.86. The lowest BCUT2D eigenvalue weighted by Crippen LogP contribution is -2.30. The molecule has 0 saturated heterocycles. The maximum absolute atomic E-state index is 9.87. The topological polar surface area (TPSA) is 95.0 Å². The molecule has 5 heteroatoms. The van der Waals surface area contributed by atoms with Gasteiger partial charge in [-0.2, -0.15) is 5.26 Å². The molecule has 1 aliphatic carbocycles. The second-order valence-corrected chi connectivity index (χ2v) is 4.77. The number of nitrogens with zero attached hydrogens (tertiary/aromatic N) is 2. The maximum atomic E-state index is 9.87. The Morgan fingerprint density at radius 2 is 2.28 bits per heavy atom. The van der Waals surface area contributed by atoms with Crippen molar-refractivity contribution in [2.45, 2.75) is 31.8 Å². The molecule has 1 aliphatic rings. The molecule has 2 rings (SSSR count). The predicted octanol–water partition coefficient (Wildman–Crippen LogP) is 1.50. The standard InChI is InChI=1S/C13H18N4O/c14-6-10-5-11(15)8-17-13(10)16-7-9-3-1-2-4-12(9)18/h5,8-9,12,18H,1-4,7,15H2,(H,16,17). The summed E-state index contributed by atoms with van der Waals surface area (Å²) in [5, 5.41) is 22.0. The van der Waals surface area contributed by atoms with Gasteiger partial charge in [-0.3, -0.25) is 0 Å². The summed E-state index contributed by atoms with van der Waals surface area (Å²) in [6.07, 6.45) is 5.42. The molecule has 1 saturated carbocycles. The smallest absolute Gasteiger partial charge is 0.144 e. The van der Waals surface area contributed by atoms with Crippen LogP contribution in [0.2, 0.25) is 0 Å². The average molecular weight is 246 g/mol. The first-order valence-electron chi connectivity index (χ1n) is 6.28. The van der Waals surface area contributed by atoms with Gasteiger partial charge in [0.05, 0.1) is 23.6 Å². The Labute approximate surface area is 107 Å². The van der Waals surface area contributed by atoms with E-state index in [-0.39, 0.29) is 12.0 Å². The molecule has 1 heterocycles. The van der Waals surface area contributed by atoms with Crippen molar-refractivity contribution >= 4 is 11.5 Å². The monoisotopic (exact) mass is 246 g/mol. The number of hydrogen-bond donors (Lipinski definition) is 3. The van der Waals surface area contributed by atoms with Crippen molar-refractivity contribution in [2.24, 2.45) is 5.92 Å². The molecule has 1 fully saturated rings. The molecule has 2 atom stereocenters. The van der Waals surface area contributed by atoms with Gasteiger partial charge in [-0.15, -0.1) is 0 Å². The molecular formula is C13H18N4O. The zero-order valence-electron chi connectivity index (χ0n) is 10.3. The number of nitriles is 1. The number of rotatable bonds is 3. The van der Waals surface area contributed by atoms with E-state index in [9.17, 15) is 5.11 Å². The first kappa shape index (κ1) is 12.7. The molecule has 2 unspecified atom stereocenters. The number of aliphatic hydroxyl groups is 1. The lowest BCUT2D eigenvalue weighted by Gasteiger charge is -2.27. The van der Waals surface area contributed by atoms with Gasteiger partial charge in [0.2, 0.25) is 0 Å². The van der Waals surface area contributed by atoms with Gasteiger partial charge in [0.1, 0.15) is 11.9 Å². The number of aliphatic hydroxyl groups excluding tert-OH is 1. The number of nitrogen functional groups attached to an aromatic ring is 1. The van der Waals surface area contributed by atoms with Gasteiger partial charge in [0, 0.05) is 12.5 Å². The van der Waals surface area contributed by atoms with Crippen LogP contribution in [0.3, 0.4) is 0 Å². The van der Waals surface area contributed by atoms with Gasteiger partial charge in [0.25, 0.3) is 0 Å². The Hall–Kier alpha value is -1.80. The van der Waals surface area contributed by atoms with Crippen molar-refractivity contribution in [3.8, 4) is 6.07 Å². The van der Waals surface area contributed by atoms with Crippen LogP contribution in [0.1, 0.15) is 31.2 Å². The third-order valence-corrected chi connectivity index (χ3v) is 3.43. The van der Waals surface area contributed by atoms with Gasteiger partial charge in [-0.1, -0.05) is 12.8 Å². The van der Waals surface area contributed by atoms with E-state index in [1.54, 1.807) is 6.07 Å². The second-order valence-electron chi connectivity index (χ2n) is 4.77. The van der Waals surface area contributed by atoms with Crippen LogP contribution in [0.15, 0.2) is 12.3 Å². The highest BCUT2D eigenvalue weighted by atomic mass is 16.3. The summed E-state index contributed by atoms with van der Waals surface area (Å²) in [6, 6.07) is 3.67. The fourth-order valence-electron chi connectivity index (χ4n) is 2.36. The molecule has 0 spiro atoms. The van der Waals surface area contributed by atoms with Crippen LogP contribution in [0, 0.1) is 17.2 Å². The summed E-state index contributed by atoms with van der Waals surface area (Å²) < 4.78 is 0. The van der Waals surface area contributed by atoms with Gasteiger partial charge < -0.3 is 16.2 Å². The van der Waals surface area contributed by atoms with E-state index in [0.29, 0.717) is 23.6 Å². The Balaban J connectivity index is 1.99. The number of pyridine rings is 1. The molecule has 5 nitrogen and oxygen atoms in total. The normalized spacial score (nSPS) is 23.3. The number of aromatic nitrogens is 1. The van der Waals surface area contributed by atoms with Crippen LogP contribution in [-0.4, -0.2) is 22.7 Å². The van der Waals surface area contributed by atoms with Gasteiger partial charge in [-0.05, 0) is 18.9 Å². The van der Waals surface area contributed by atoms with Crippen LogP contribution in [0.25, 0.3) is 0 Å². The van der Waals surface area contributed by atoms with Crippen molar-refractivity contribution in [2.75, 3.05) is 17.6 Å². The summed E-state index contributed by atoms with van der Waals surface area (Å²) in [4.78, 5) is 4.12. The van der Waals surface area contributed by atoms with Crippen LogP contribution < -0.4 is 11.1 Å². The Kier molecular flexibility index (Phi) is 4.00. The zero-order chi connectivity index (χ0) is 13.0. The van der Waals surface area contributed by atoms with E-state index < -0.39 is 0 Å². The van der Waals surface area contributed by atoms with Crippen LogP contribution in [-0.2, 0) is 0 Å². The molecule has 0 amide bonds. The van der Waals surface area contributed by atoms with Crippen molar-refractivity contribution < 1.29 is 5.11 Å². The van der Waals surface area contributed by atoms with E-state index in [1.807, 2.05) is 0 Å². The Morgan fingerprint density at radius 3 is 3.00 bits per heavy atom. The highest BCUT2D eigenvalue weighted by molar-refractivity contribution is 5.57. The Bertz CT molecular complexity index is 455. The van der Waals surface area contributed by atoms with Crippen LogP contribution >= 0.6 is 0 Å². The lowest BCUT2D eigenvalue weighted by molar-refractivity contribution is 0.0763. The van der Waals surface area contributed by atoms with Crippen LogP contribution in [0.4, 0.5) is 11.5 Å². The second kappa shape index (κ2) is 5.69. The third-order valence-electron chi connectivity index (χ3n) is 3.43. The van der Waals surface area contributed by atoms with E-state index >= 15 is 0 Å². The molecule has 18 heavy (non-hydrogen) atoms. The zero-order valence-corrected chi connectivity index (χ0v) is 10.3. The summed E-state index contributed by atoms with van der Waals surface area (Å²) in [7, 11) is 0.